The van der Waals surface area contributed by atoms with Crippen molar-refractivity contribution < 1.29 is 14.3 Å². The lowest BCUT2D eigenvalue weighted by molar-refractivity contribution is 0.0787. The van der Waals surface area contributed by atoms with Gasteiger partial charge >= 0.3 is 0 Å². The number of anilines is 1. The van der Waals surface area contributed by atoms with Crippen molar-refractivity contribution in [2.45, 2.75) is 32.7 Å². The fraction of sp³-hybridized carbons (Fsp3) is 0.455. The minimum atomic E-state index is -0.0270. The molecule has 6 nitrogen and oxygen atoms in total. The van der Waals surface area contributed by atoms with Crippen LogP contribution in [0, 0.1) is 0 Å². The zero-order chi connectivity index (χ0) is 20.1. The Morgan fingerprint density at radius 2 is 1.89 bits per heavy atom. The third-order valence-corrected chi connectivity index (χ3v) is 5.24. The Balaban J connectivity index is 1.73. The van der Waals surface area contributed by atoms with E-state index in [4.69, 9.17) is 9.47 Å². The average molecular weight is 383 g/mol. The second-order valence-electron chi connectivity index (χ2n) is 7.13. The summed E-state index contributed by atoms with van der Waals surface area (Å²) in [5, 5.41) is 0. The number of aromatic nitrogens is 1. The molecular formula is C22H29N3O3. The summed E-state index contributed by atoms with van der Waals surface area (Å²) in [7, 11) is 5.15. The lowest BCUT2D eigenvalue weighted by Gasteiger charge is -2.31. The number of unbranched alkanes of at least 4 members (excludes halogenated alkanes) is 1. The van der Waals surface area contributed by atoms with Gasteiger partial charge < -0.3 is 19.3 Å². The molecule has 0 saturated carbocycles. The molecule has 28 heavy (non-hydrogen) atoms. The number of fused-ring (bicyclic) bond motifs is 1. The van der Waals surface area contributed by atoms with Crippen molar-refractivity contribution in [3.63, 3.8) is 0 Å². The number of carbonyl (C=O) groups excluding carboxylic acids is 1. The third kappa shape index (κ3) is 4.21. The zero-order valence-electron chi connectivity index (χ0n) is 17.2. The van der Waals surface area contributed by atoms with Crippen molar-refractivity contribution in [3.05, 3.63) is 47.3 Å². The fourth-order valence-electron chi connectivity index (χ4n) is 3.50. The van der Waals surface area contributed by atoms with E-state index in [-0.39, 0.29) is 5.91 Å². The standard InChI is InChI=1S/C22H29N3O3/c1-5-6-10-24(2)22(26)19-8-7-18(14-23-19)25-11-9-16-12-20(27-3)21(28-4)13-17(16)15-25/h7-8,12-14H,5-6,9-11,15H2,1-4H3. The number of carbonyl (C=O) groups is 1. The summed E-state index contributed by atoms with van der Waals surface area (Å²) >= 11 is 0. The van der Waals surface area contributed by atoms with Gasteiger partial charge in [0.2, 0.25) is 0 Å². The quantitative estimate of drug-likeness (QED) is 0.732. The van der Waals surface area contributed by atoms with Crippen LogP contribution in [0.25, 0.3) is 0 Å². The first-order valence-corrected chi connectivity index (χ1v) is 9.77. The van der Waals surface area contributed by atoms with Crippen molar-refractivity contribution >= 4 is 11.6 Å². The molecule has 2 heterocycles. The smallest absolute Gasteiger partial charge is 0.272 e. The van der Waals surface area contributed by atoms with Crippen LogP contribution in [0.4, 0.5) is 5.69 Å². The van der Waals surface area contributed by atoms with Crippen molar-refractivity contribution in [3.8, 4) is 11.5 Å². The molecule has 0 bridgehead atoms. The second kappa shape index (κ2) is 8.95. The molecule has 1 aromatic carbocycles. The molecule has 1 aromatic heterocycles. The van der Waals surface area contributed by atoms with Gasteiger partial charge in [0.15, 0.2) is 11.5 Å². The van der Waals surface area contributed by atoms with Gasteiger partial charge in [0.25, 0.3) is 5.91 Å². The maximum atomic E-state index is 12.5. The van der Waals surface area contributed by atoms with Gasteiger partial charge in [-0.1, -0.05) is 13.3 Å². The number of hydrogen-bond acceptors (Lipinski definition) is 5. The Bertz CT molecular complexity index is 821. The summed E-state index contributed by atoms with van der Waals surface area (Å²) in [4.78, 5) is 20.9. The van der Waals surface area contributed by atoms with Crippen molar-refractivity contribution in [1.82, 2.24) is 9.88 Å². The second-order valence-corrected chi connectivity index (χ2v) is 7.13. The lowest BCUT2D eigenvalue weighted by atomic mass is 9.98. The summed E-state index contributed by atoms with van der Waals surface area (Å²) in [6.07, 6.45) is 4.79. The molecule has 1 aliphatic heterocycles. The molecule has 2 aromatic rings. The lowest BCUT2D eigenvalue weighted by Crippen LogP contribution is -2.31. The molecule has 0 saturated heterocycles. The van der Waals surface area contributed by atoms with Crippen LogP contribution in [0.1, 0.15) is 41.4 Å². The summed E-state index contributed by atoms with van der Waals surface area (Å²) in [6.45, 7) is 4.55. The highest BCUT2D eigenvalue weighted by Gasteiger charge is 2.20. The van der Waals surface area contributed by atoms with E-state index in [0.29, 0.717) is 5.69 Å². The van der Waals surface area contributed by atoms with Gasteiger partial charge in [-0.2, -0.15) is 0 Å². The van der Waals surface area contributed by atoms with E-state index in [1.54, 1.807) is 25.3 Å². The molecule has 6 heteroatoms. The Kier molecular flexibility index (Phi) is 6.39. The van der Waals surface area contributed by atoms with E-state index in [1.165, 1.54) is 11.1 Å². The first-order chi connectivity index (χ1) is 13.6. The Hall–Kier alpha value is -2.76. The van der Waals surface area contributed by atoms with Crippen LogP contribution in [0.5, 0.6) is 11.5 Å². The van der Waals surface area contributed by atoms with Crippen LogP contribution >= 0.6 is 0 Å². The predicted octanol–water partition coefficient (Wildman–Crippen LogP) is 3.53. The summed E-state index contributed by atoms with van der Waals surface area (Å²) in [5.41, 5.74) is 4.02. The molecule has 0 aliphatic carbocycles. The molecule has 3 rings (SSSR count). The molecule has 0 spiro atoms. The minimum absolute atomic E-state index is 0.0270. The van der Waals surface area contributed by atoms with Crippen LogP contribution in [0.3, 0.4) is 0 Å². The highest BCUT2D eigenvalue weighted by atomic mass is 16.5. The Morgan fingerprint density at radius 3 is 2.50 bits per heavy atom. The number of methoxy groups -OCH3 is 2. The van der Waals surface area contributed by atoms with E-state index in [1.807, 2.05) is 25.2 Å². The van der Waals surface area contributed by atoms with Gasteiger partial charge in [-0.25, -0.2) is 4.98 Å². The summed E-state index contributed by atoms with van der Waals surface area (Å²) in [5.74, 6) is 1.49. The minimum Gasteiger partial charge on any atom is -0.493 e. The summed E-state index contributed by atoms with van der Waals surface area (Å²) < 4.78 is 10.8. The van der Waals surface area contributed by atoms with Crippen LogP contribution in [0.2, 0.25) is 0 Å². The number of rotatable bonds is 7. The van der Waals surface area contributed by atoms with Gasteiger partial charge in [0.05, 0.1) is 26.1 Å². The average Bonchev–Trinajstić information content (AvgIpc) is 2.75. The van der Waals surface area contributed by atoms with E-state index >= 15 is 0 Å². The van der Waals surface area contributed by atoms with Crippen LogP contribution in [0.15, 0.2) is 30.5 Å². The summed E-state index contributed by atoms with van der Waals surface area (Å²) in [6, 6.07) is 7.93. The number of pyridine rings is 1. The van der Waals surface area contributed by atoms with E-state index in [9.17, 15) is 4.79 Å². The molecule has 1 amide bonds. The third-order valence-electron chi connectivity index (χ3n) is 5.24. The maximum Gasteiger partial charge on any atom is 0.272 e. The van der Waals surface area contributed by atoms with Crippen LogP contribution in [-0.4, -0.2) is 50.1 Å². The normalized spacial score (nSPS) is 13.1. The van der Waals surface area contributed by atoms with Gasteiger partial charge in [0, 0.05) is 26.7 Å². The number of amides is 1. The highest BCUT2D eigenvalue weighted by molar-refractivity contribution is 5.92. The number of benzene rings is 1. The molecule has 150 valence electrons. The monoisotopic (exact) mass is 383 g/mol. The molecule has 0 N–H and O–H groups in total. The fourth-order valence-corrected chi connectivity index (χ4v) is 3.50. The van der Waals surface area contributed by atoms with E-state index < -0.39 is 0 Å². The zero-order valence-corrected chi connectivity index (χ0v) is 17.2. The van der Waals surface area contributed by atoms with E-state index in [2.05, 4.69) is 22.9 Å². The van der Waals surface area contributed by atoms with Gasteiger partial charge in [-0.05, 0) is 48.2 Å². The number of nitrogens with zero attached hydrogens (tertiary/aromatic N) is 3. The first kappa shape index (κ1) is 20.0. The predicted molar refractivity (Wildman–Crippen MR) is 110 cm³/mol. The van der Waals surface area contributed by atoms with Crippen molar-refractivity contribution in [1.29, 1.82) is 0 Å². The molecule has 0 unspecified atom stereocenters. The highest BCUT2D eigenvalue weighted by Crippen LogP contribution is 2.34. The molecule has 0 atom stereocenters. The number of hydrogen-bond donors (Lipinski definition) is 0. The van der Waals surface area contributed by atoms with Crippen molar-refractivity contribution in [2.75, 3.05) is 39.3 Å². The van der Waals surface area contributed by atoms with Gasteiger partial charge in [-0.3, -0.25) is 4.79 Å². The van der Waals surface area contributed by atoms with Crippen LogP contribution < -0.4 is 14.4 Å². The molecule has 1 aliphatic rings. The molecule has 0 radical (unpaired) electrons. The van der Waals surface area contributed by atoms with Gasteiger partial charge in [-0.15, -0.1) is 0 Å². The molecule has 0 fully saturated rings. The maximum absolute atomic E-state index is 12.5. The Morgan fingerprint density at radius 1 is 1.18 bits per heavy atom. The first-order valence-electron chi connectivity index (χ1n) is 9.77. The van der Waals surface area contributed by atoms with Gasteiger partial charge in [0.1, 0.15) is 5.69 Å². The number of ether oxygens (including phenoxy) is 2. The van der Waals surface area contributed by atoms with E-state index in [0.717, 1.165) is 56.1 Å². The SMILES string of the molecule is CCCCN(C)C(=O)c1ccc(N2CCc3cc(OC)c(OC)cc3C2)cn1. The largest absolute Gasteiger partial charge is 0.493 e. The van der Waals surface area contributed by atoms with Crippen LogP contribution in [-0.2, 0) is 13.0 Å². The van der Waals surface area contributed by atoms with Crippen molar-refractivity contribution in [2.24, 2.45) is 0 Å². The Labute approximate surface area is 167 Å². The topological polar surface area (TPSA) is 54.9 Å². The molecular weight excluding hydrogens is 354 g/mol.